The van der Waals surface area contributed by atoms with Crippen LogP contribution >= 0.6 is 0 Å². The molecular formula is C21H23N3. The van der Waals surface area contributed by atoms with Gasteiger partial charge in [-0.1, -0.05) is 24.3 Å². The second-order valence-electron chi connectivity index (χ2n) is 6.97. The molecule has 0 radical (unpaired) electrons. The fourth-order valence-corrected chi connectivity index (χ4v) is 3.28. The highest BCUT2D eigenvalue weighted by Crippen LogP contribution is 2.36. The summed E-state index contributed by atoms with van der Waals surface area (Å²) < 4.78 is 0. The summed E-state index contributed by atoms with van der Waals surface area (Å²) in [5.41, 5.74) is 6.99. The molecule has 1 saturated carbocycles. The largest absolute Gasteiger partial charge is 0.344 e. The van der Waals surface area contributed by atoms with E-state index in [1.807, 2.05) is 6.20 Å². The molecule has 4 rings (SSSR count). The fourth-order valence-electron chi connectivity index (χ4n) is 3.28. The maximum Gasteiger partial charge on any atom is 0.130 e. The third-order valence-corrected chi connectivity index (χ3v) is 4.97. The van der Waals surface area contributed by atoms with E-state index in [0.29, 0.717) is 5.92 Å². The zero-order valence-electron chi connectivity index (χ0n) is 14.4. The van der Waals surface area contributed by atoms with Crippen molar-refractivity contribution < 1.29 is 0 Å². The molecule has 24 heavy (non-hydrogen) atoms. The standard InChI is InChI=1S/C21H23N3/c1-13-6-4-5-7-17(13)19-10-14(2)18-11-21(22-12-20(18)24-19)23-15(3)16-8-9-16/h5,7,10-12,16H,3-4,6,8-9H2,1-2H3,(H,22,23). The highest BCUT2D eigenvalue weighted by atomic mass is 15.0. The van der Waals surface area contributed by atoms with Gasteiger partial charge in [-0.3, -0.25) is 0 Å². The quantitative estimate of drug-likeness (QED) is 0.820. The highest BCUT2D eigenvalue weighted by molar-refractivity contribution is 5.87. The molecule has 2 aliphatic rings. The Labute approximate surface area is 143 Å². The SMILES string of the molecule is C=C(Nc1cc2c(C)cc(C3=C(C)CCC=C3)nc2cn1)C1CC1. The summed E-state index contributed by atoms with van der Waals surface area (Å²) in [7, 11) is 0. The van der Waals surface area contributed by atoms with Crippen molar-refractivity contribution in [2.75, 3.05) is 5.32 Å². The number of fused-ring (bicyclic) bond motifs is 1. The number of hydrogen-bond donors (Lipinski definition) is 1. The van der Waals surface area contributed by atoms with E-state index in [1.54, 1.807) is 0 Å². The van der Waals surface area contributed by atoms with Gasteiger partial charge in [-0.15, -0.1) is 0 Å². The first kappa shape index (κ1) is 15.1. The zero-order chi connectivity index (χ0) is 16.7. The predicted molar refractivity (Wildman–Crippen MR) is 101 cm³/mol. The average Bonchev–Trinajstić information content (AvgIpc) is 3.41. The predicted octanol–water partition coefficient (Wildman–Crippen LogP) is 5.40. The van der Waals surface area contributed by atoms with E-state index in [0.717, 1.165) is 41.0 Å². The summed E-state index contributed by atoms with van der Waals surface area (Å²) in [6.45, 7) is 8.47. The number of nitrogens with one attached hydrogen (secondary N) is 1. The molecule has 0 amide bonds. The maximum atomic E-state index is 4.86. The van der Waals surface area contributed by atoms with Gasteiger partial charge in [0.15, 0.2) is 0 Å². The van der Waals surface area contributed by atoms with Crippen molar-refractivity contribution >= 4 is 22.3 Å². The van der Waals surface area contributed by atoms with Crippen LogP contribution in [-0.4, -0.2) is 9.97 Å². The Morgan fingerprint density at radius 2 is 2.08 bits per heavy atom. The normalized spacial score (nSPS) is 17.4. The first-order valence-electron chi connectivity index (χ1n) is 8.71. The summed E-state index contributed by atoms with van der Waals surface area (Å²) in [6.07, 6.45) is 11.0. The Balaban J connectivity index is 1.71. The summed E-state index contributed by atoms with van der Waals surface area (Å²) in [6, 6.07) is 4.28. The number of anilines is 1. The summed E-state index contributed by atoms with van der Waals surface area (Å²) in [5, 5.41) is 4.51. The van der Waals surface area contributed by atoms with Crippen molar-refractivity contribution in [3.63, 3.8) is 0 Å². The molecule has 2 aromatic heterocycles. The van der Waals surface area contributed by atoms with Crippen molar-refractivity contribution in [1.29, 1.82) is 0 Å². The highest BCUT2D eigenvalue weighted by Gasteiger charge is 2.24. The van der Waals surface area contributed by atoms with Crippen LogP contribution in [0, 0.1) is 12.8 Å². The van der Waals surface area contributed by atoms with Crippen LogP contribution in [0.15, 0.2) is 48.3 Å². The third kappa shape index (κ3) is 2.86. The van der Waals surface area contributed by atoms with E-state index in [2.05, 4.69) is 55.0 Å². The maximum absolute atomic E-state index is 4.86. The second kappa shape index (κ2) is 5.90. The van der Waals surface area contributed by atoms with Gasteiger partial charge in [0.05, 0.1) is 17.4 Å². The third-order valence-electron chi connectivity index (χ3n) is 4.97. The summed E-state index contributed by atoms with van der Waals surface area (Å²) in [5.74, 6) is 1.49. The number of nitrogens with zero attached hydrogens (tertiary/aromatic N) is 2. The lowest BCUT2D eigenvalue weighted by molar-refractivity contribution is 0.965. The van der Waals surface area contributed by atoms with Crippen molar-refractivity contribution in [3.05, 3.63) is 59.6 Å². The van der Waals surface area contributed by atoms with Crippen molar-refractivity contribution in [1.82, 2.24) is 9.97 Å². The lowest BCUT2D eigenvalue weighted by Gasteiger charge is -2.14. The van der Waals surface area contributed by atoms with Crippen LogP contribution in [0.5, 0.6) is 0 Å². The van der Waals surface area contributed by atoms with Gasteiger partial charge in [0.25, 0.3) is 0 Å². The number of allylic oxidation sites excluding steroid dienone is 5. The molecular weight excluding hydrogens is 294 g/mol. The molecule has 0 aromatic carbocycles. The first-order valence-corrected chi connectivity index (χ1v) is 8.71. The Bertz CT molecular complexity index is 885. The zero-order valence-corrected chi connectivity index (χ0v) is 14.4. The van der Waals surface area contributed by atoms with Crippen LogP contribution in [0.4, 0.5) is 5.82 Å². The van der Waals surface area contributed by atoms with Crippen LogP contribution in [0.25, 0.3) is 16.5 Å². The van der Waals surface area contributed by atoms with E-state index >= 15 is 0 Å². The molecule has 2 aliphatic carbocycles. The molecule has 0 aliphatic heterocycles. The van der Waals surface area contributed by atoms with Crippen LogP contribution in [-0.2, 0) is 0 Å². The van der Waals surface area contributed by atoms with Crippen LogP contribution in [0.1, 0.15) is 43.9 Å². The Morgan fingerprint density at radius 1 is 1.25 bits per heavy atom. The topological polar surface area (TPSA) is 37.8 Å². The van der Waals surface area contributed by atoms with E-state index in [1.165, 1.54) is 29.6 Å². The molecule has 1 N–H and O–H groups in total. The molecule has 0 saturated heterocycles. The molecule has 3 nitrogen and oxygen atoms in total. The van der Waals surface area contributed by atoms with E-state index in [-0.39, 0.29) is 0 Å². The number of aromatic nitrogens is 2. The Hall–Kier alpha value is -2.42. The molecule has 0 unspecified atom stereocenters. The molecule has 3 heteroatoms. The fraction of sp³-hybridized carbons (Fsp3) is 0.333. The average molecular weight is 317 g/mol. The first-order chi connectivity index (χ1) is 11.6. The van der Waals surface area contributed by atoms with Crippen molar-refractivity contribution in [2.45, 2.75) is 39.5 Å². The number of hydrogen-bond acceptors (Lipinski definition) is 3. The minimum absolute atomic E-state index is 0.622. The smallest absolute Gasteiger partial charge is 0.130 e. The van der Waals surface area contributed by atoms with Gasteiger partial charge in [0.1, 0.15) is 5.82 Å². The second-order valence-corrected chi connectivity index (χ2v) is 6.97. The molecule has 2 aromatic rings. The molecule has 2 heterocycles. The Morgan fingerprint density at radius 3 is 2.83 bits per heavy atom. The minimum atomic E-state index is 0.622. The van der Waals surface area contributed by atoms with Crippen molar-refractivity contribution in [2.24, 2.45) is 5.92 Å². The van der Waals surface area contributed by atoms with Gasteiger partial charge in [-0.2, -0.15) is 0 Å². The van der Waals surface area contributed by atoms with E-state index in [9.17, 15) is 0 Å². The van der Waals surface area contributed by atoms with Gasteiger partial charge in [0, 0.05) is 11.1 Å². The molecule has 0 spiro atoms. The number of pyridine rings is 2. The van der Waals surface area contributed by atoms with Crippen LogP contribution < -0.4 is 5.32 Å². The monoisotopic (exact) mass is 317 g/mol. The van der Waals surface area contributed by atoms with Gasteiger partial charge in [-0.05, 0) is 68.7 Å². The van der Waals surface area contributed by atoms with Gasteiger partial charge < -0.3 is 5.32 Å². The van der Waals surface area contributed by atoms with Gasteiger partial charge in [0.2, 0.25) is 0 Å². The van der Waals surface area contributed by atoms with Crippen LogP contribution in [0.3, 0.4) is 0 Å². The van der Waals surface area contributed by atoms with Gasteiger partial charge in [-0.25, -0.2) is 9.97 Å². The lowest BCUT2D eigenvalue weighted by atomic mass is 9.95. The van der Waals surface area contributed by atoms with E-state index < -0.39 is 0 Å². The number of rotatable bonds is 4. The van der Waals surface area contributed by atoms with Crippen molar-refractivity contribution in [3.8, 4) is 0 Å². The van der Waals surface area contributed by atoms with Gasteiger partial charge >= 0.3 is 0 Å². The minimum Gasteiger partial charge on any atom is -0.344 e. The number of aryl methyl sites for hydroxylation is 1. The summed E-state index contributed by atoms with van der Waals surface area (Å²) in [4.78, 5) is 9.39. The molecule has 122 valence electrons. The van der Waals surface area contributed by atoms with E-state index in [4.69, 9.17) is 4.98 Å². The lowest BCUT2D eigenvalue weighted by Crippen LogP contribution is -2.02. The Kier molecular flexibility index (Phi) is 3.72. The molecule has 0 atom stereocenters. The van der Waals surface area contributed by atoms with Crippen LogP contribution in [0.2, 0.25) is 0 Å². The molecule has 1 fully saturated rings. The molecule has 0 bridgehead atoms. The summed E-state index contributed by atoms with van der Waals surface area (Å²) >= 11 is 0.